The summed E-state index contributed by atoms with van der Waals surface area (Å²) in [6.07, 6.45) is 0. The molecular formula is C33H37N6O2+. The predicted octanol–water partition coefficient (Wildman–Crippen LogP) is 3.62. The van der Waals surface area contributed by atoms with Crippen molar-refractivity contribution < 1.29 is 14.2 Å². The lowest BCUT2D eigenvalue weighted by Crippen LogP contribution is -2.61. The third-order valence-electron chi connectivity index (χ3n) is 8.58. The first-order valence-corrected chi connectivity index (χ1v) is 14.3. The molecule has 6 rings (SSSR count). The van der Waals surface area contributed by atoms with E-state index >= 15 is 0 Å². The lowest BCUT2D eigenvalue weighted by Gasteiger charge is -2.39. The average Bonchev–Trinajstić information content (AvgIpc) is 3.36. The van der Waals surface area contributed by atoms with Gasteiger partial charge in [0.15, 0.2) is 0 Å². The number of urea groups is 1. The topological polar surface area (TPSA) is 62.5 Å². The molecule has 0 N–H and O–H groups in total. The summed E-state index contributed by atoms with van der Waals surface area (Å²) in [4.78, 5) is 38.8. The molecule has 8 heteroatoms. The number of benzene rings is 3. The van der Waals surface area contributed by atoms with Crippen LogP contribution in [0.4, 0.5) is 4.79 Å². The summed E-state index contributed by atoms with van der Waals surface area (Å²) < 4.78 is 2.10. The number of likely N-dealkylation sites (N-methyl/N-ethyl adjacent to an activating group) is 2. The van der Waals surface area contributed by atoms with Gasteiger partial charge in [-0.2, -0.15) is 0 Å². The summed E-state index contributed by atoms with van der Waals surface area (Å²) in [5, 5.41) is 0. The maximum Gasteiger partial charge on any atom is 0.333 e. The van der Waals surface area contributed by atoms with E-state index in [2.05, 4.69) is 94.1 Å². The van der Waals surface area contributed by atoms with Crippen LogP contribution >= 0.6 is 0 Å². The third-order valence-corrected chi connectivity index (χ3v) is 8.58. The zero-order chi connectivity index (χ0) is 28.5. The molecule has 1 unspecified atom stereocenters. The summed E-state index contributed by atoms with van der Waals surface area (Å²) in [5.74, 6) is 1.13. The van der Waals surface area contributed by atoms with Crippen LogP contribution in [-0.2, 0) is 11.3 Å². The Kier molecular flexibility index (Phi) is 7.51. The van der Waals surface area contributed by atoms with Gasteiger partial charge in [-0.3, -0.25) is 24.4 Å². The van der Waals surface area contributed by atoms with Crippen molar-refractivity contribution in [3.8, 4) is 0 Å². The van der Waals surface area contributed by atoms with Crippen molar-refractivity contribution in [2.24, 2.45) is 4.99 Å². The number of nitrogens with zero attached hydrogens (tertiary/aromatic N) is 6. The zero-order valence-corrected chi connectivity index (χ0v) is 24.0. The smallest absolute Gasteiger partial charge is 0.290 e. The Morgan fingerprint density at radius 2 is 1.39 bits per heavy atom. The Morgan fingerprint density at radius 1 is 0.805 bits per heavy atom. The summed E-state index contributed by atoms with van der Waals surface area (Å²) >= 11 is 0. The maximum atomic E-state index is 13.4. The Morgan fingerprint density at radius 3 is 2.00 bits per heavy atom. The number of amidine groups is 2. The van der Waals surface area contributed by atoms with E-state index in [0.717, 1.165) is 37.6 Å². The Balaban J connectivity index is 1.25. The highest BCUT2D eigenvalue weighted by Gasteiger charge is 2.53. The molecule has 1 atom stereocenters. The molecular weight excluding hydrogens is 512 g/mol. The number of hydrogen-bond acceptors (Lipinski definition) is 5. The first-order valence-electron chi connectivity index (χ1n) is 14.3. The standard InChI is InChI=1S/C33H37N6O2/c1-24-12-10-11-17-27(24)22-39-28(34-31-30(39)32(40)36(3)33(41)35(31)2)23-37-18-20-38(21-19-37)29(25-13-6-4-7-14-25)26-15-8-5-9-16-26/h4-17,29-30H,18-23H2,1-3H3/q+1. The second-order valence-electron chi connectivity index (χ2n) is 11.1. The molecule has 8 nitrogen and oxygen atoms in total. The minimum Gasteiger partial charge on any atom is -0.290 e. The number of carbonyl (C=O) groups is 2. The van der Waals surface area contributed by atoms with Gasteiger partial charge in [0.05, 0.1) is 6.04 Å². The van der Waals surface area contributed by atoms with Crippen molar-refractivity contribution >= 4 is 23.6 Å². The van der Waals surface area contributed by atoms with Crippen molar-refractivity contribution in [2.45, 2.75) is 25.6 Å². The van der Waals surface area contributed by atoms with Gasteiger partial charge in [0.2, 0.25) is 0 Å². The van der Waals surface area contributed by atoms with Crippen LogP contribution in [0.15, 0.2) is 89.9 Å². The van der Waals surface area contributed by atoms with E-state index in [4.69, 9.17) is 4.99 Å². The molecule has 2 fully saturated rings. The second-order valence-corrected chi connectivity index (χ2v) is 11.1. The Bertz CT molecular complexity index is 1450. The van der Waals surface area contributed by atoms with E-state index in [1.165, 1.54) is 26.5 Å². The van der Waals surface area contributed by atoms with Crippen molar-refractivity contribution in [3.05, 3.63) is 107 Å². The van der Waals surface area contributed by atoms with Crippen molar-refractivity contribution in [2.75, 3.05) is 46.8 Å². The lowest BCUT2D eigenvalue weighted by atomic mass is 9.96. The molecule has 0 spiro atoms. The molecule has 0 radical (unpaired) electrons. The number of rotatable bonds is 7. The number of piperazine rings is 1. The maximum absolute atomic E-state index is 13.4. The minimum atomic E-state index is -0.598. The molecule has 0 saturated carbocycles. The van der Waals surface area contributed by atoms with Gasteiger partial charge < -0.3 is 0 Å². The van der Waals surface area contributed by atoms with Crippen molar-refractivity contribution in [3.63, 3.8) is 0 Å². The zero-order valence-electron chi connectivity index (χ0n) is 24.0. The number of aliphatic imine (C=N–C) groups is 1. The lowest BCUT2D eigenvalue weighted by molar-refractivity contribution is -0.552. The SMILES string of the molecule is Cc1ccccc1C[N+]1=C(CN2CCN(C(c3ccccc3)c3ccccc3)CC2)N=C2C1C(=O)N(C)C(=O)N2C. The fourth-order valence-corrected chi connectivity index (χ4v) is 6.19. The third kappa shape index (κ3) is 5.21. The van der Waals surface area contributed by atoms with Crippen LogP contribution in [0.3, 0.4) is 0 Å². The van der Waals surface area contributed by atoms with Crippen LogP contribution in [0, 0.1) is 6.92 Å². The summed E-state index contributed by atoms with van der Waals surface area (Å²) in [7, 11) is 3.26. The molecule has 210 valence electrons. The van der Waals surface area contributed by atoms with Gasteiger partial charge in [-0.1, -0.05) is 84.9 Å². The Hall–Kier alpha value is -4.14. The highest BCUT2D eigenvalue weighted by atomic mass is 16.2. The Labute approximate surface area is 241 Å². The normalized spacial score (nSPS) is 20.2. The molecule has 0 aromatic heterocycles. The van der Waals surface area contributed by atoms with Crippen LogP contribution in [0.1, 0.15) is 28.3 Å². The van der Waals surface area contributed by atoms with Crippen LogP contribution in [-0.4, -0.2) is 101 Å². The van der Waals surface area contributed by atoms with E-state index in [0.29, 0.717) is 18.9 Å². The van der Waals surface area contributed by atoms with Gasteiger partial charge in [0, 0.05) is 40.3 Å². The van der Waals surface area contributed by atoms with Crippen molar-refractivity contribution in [1.82, 2.24) is 19.6 Å². The number of fused-ring (bicyclic) bond motifs is 1. The predicted molar refractivity (Wildman–Crippen MR) is 160 cm³/mol. The fraction of sp³-hybridized carbons (Fsp3) is 0.333. The van der Waals surface area contributed by atoms with Gasteiger partial charge in [0.25, 0.3) is 17.8 Å². The number of carbonyl (C=O) groups excluding carboxylic acids is 2. The van der Waals surface area contributed by atoms with Gasteiger partial charge in [-0.05, 0) is 34.2 Å². The van der Waals surface area contributed by atoms with Gasteiger partial charge in [0.1, 0.15) is 13.1 Å². The number of amides is 3. The molecule has 41 heavy (non-hydrogen) atoms. The van der Waals surface area contributed by atoms with E-state index in [1.54, 1.807) is 14.1 Å². The molecule has 3 aliphatic rings. The van der Waals surface area contributed by atoms with Crippen LogP contribution in [0.5, 0.6) is 0 Å². The highest BCUT2D eigenvalue weighted by molar-refractivity contribution is 6.23. The van der Waals surface area contributed by atoms with E-state index in [1.807, 2.05) is 12.1 Å². The van der Waals surface area contributed by atoms with Crippen molar-refractivity contribution in [1.29, 1.82) is 0 Å². The van der Waals surface area contributed by atoms with Crippen LogP contribution in [0.25, 0.3) is 0 Å². The molecule has 3 aromatic carbocycles. The number of aryl methyl sites for hydroxylation is 1. The molecule has 3 amide bonds. The van der Waals surface area contributed by atoms with Crippen LogP contribution < -0.4 is 0 Å². The molecule has 0 bridgehead atoms. The molecule has 2 saturated heterocycles. The average molecular weight is 550 g/mol. The quantitative estimate of drug-likeness (QED) is 0.423. The largest absolute Gasteiger partial charge is 0.333 e. The summed E-state index contributed by atoms with van der Waals surface area (Å²) in [6.45, 7) is 6.88. The van der Waals surface area contributed by atoms with E-state index < -0.39 is 6.04 Å². The van der Waals surface area contributed by atoms with E-state index in [-0.39, 0.29) is 18.0 Å². The molecule has 0 aliphatic carbocycles. The molecule has 3 heterocycles. The first kappa shape index (κ1) is 27.1. The number of imide groups is 1. The first-order chi connectivity index (χ1) is 19.9. The molecule has 3 aliphatic heterocycles. The summed E-state index contributed by atoms with van der Waals surface area (Å²) in [6, 6.07) is 28.9. The minimum absolute atomic E-state index is 0.201. The van der Waals surface area contributed by atoms with Gasteiger partial charge in [-0.25, -0.2) is 9.37 Å². The monoisotopic (exact) mass is 549 g/mol. The van der Waals surface area contributed by atoms with Gasteiger partial charge >= 0.3 is 11.9 Å². The summed E-state index contributed by atoms with van der Waals surface area (Å²) in [5.41, 5.74) is 4.91. The number of hydrogen-bond donors (Lipinski definition) is 0. The fourth-order valence-electron chi connectivity index (χ4n) is 6.19. The van der Waals surface area contributed by atoms with Crippen LogP contribution in [0.2, 0.25) is 0 Å². The second kappa shape index (κ2) is 11.4. The van der Waals surface area contributed by atoms with Gasteiger partial charge in [-0.15, -0.1) is 0 Å². The highest BCUT2D eigenvalue weighted by Crippen LogP contribution is 2.30. The molecule has 3 aromatic rings. The van der Waals surface area contributed by atoms with E-state index in [9.17, 15) is 9.59 Å².